The first-order valence-electron chi connectivity index (χ1n) is 6.95. The molecule has 0 rings (SSSR count). The standard InChI is InChI=1S/C12H26N2O3.C2H6/c1-10(15)14-8-6-11(2,3)16-9-7-12(4,5)17-13;1-2/h6-9,13H2,1-5H3,(H,14,15);1-2H3. The van der Waals surface area contributed by atoms with Crippen LogP contribution < -0.4 is 11.2 Å². The normalized spacial score (nSPS) is 11.6. The van der Waals surface area contributed by atoms with Crippen LogP contribution >= 0.6 is 0 Å². The highest BCUT2D eigenvalue weighted by molar-refractivity contribution is 5.72. The molecule has 0 heterocycles. The molecule has 1 amide bonds. The minimum atomic E-state index is -0.367. The maximum atomic E-state index is 10.7. The Hall–Kier alpha value is -0.650. The molecule has 0 unspecified atom stereocenters. The van der Waals surface area contributed by atoms with E-state index in [9.17, 15) is 4.79 Å². The Morgan fingerprint density at radius 1 is 1.11 bits per heavy atom. The lowest BCUT2D eigenvalue weighted by molar-refractivity contribution is -0.119. The fourth-order valence-electron chi connectivity index (χ4n) is 1.24. The number of carbonyl (C=O) groups is 1. The van der Waals surface area contributed by atoms with Crippen LogP contribution in [0.2, 0.25) is 0 Å². The molecule has 0 atom stereocenters. The molecule has 116 valence electrons. The number of rotatable bonds is 8. The van der Waals surface area contributed by atoms with Crippen molar-refractivity contribution < 1.29 is 14.4 Å². The zero-order chi connectivity index (χ0) is 15.5. The largest absolute Gasteiger partial charge is 0.375 e. The minimum Gasteiger partial charge on any atom is -0.375 e. The van der Waals surface area contributed by atoms with Crippen molar-refractivity contribution in [2.75, 3.05) is 13.2 Å². The van der Waals surface area contributed by atoms with Gasteiger partial charge in [0.25, 0.3) is 0 Å². The summed E-state index contributed by atoms with van der Waals surface area (Å²) in [5.41, 5.74) is -0.624. The van der Waals surface area contributed by atoms with Crippen LogP contribution in [0.25, 0.3) is 0 Å². The van der Waals surface area contributed by atoms with Gasteiger partial charge in [-0.2, -0.15) is 0 Å². The number of hydrogen-bond acceptors (Lipinski definition) is 4. The maximum Gasteiger partial charge on any atom is 0.216 e. The molecule has 0 aliphatic rings. The number of hydrogen-bond donors (Lipinski definition) is 2. The van der Waals surface area contributed by atoms with Gasteiger partial charge in [-0.1, -0.05) is 13.8 Å². The molecule has 5 nitrogen and oxygen atoms in total. The first-order valence-corrected chi connectivity index (χ1v) is 6.95. The summed E-state index contributed by atoms with van der Waals surface area (Å²) < 4.78 is 5.76. The number of ether oxygens (including phenoxy) is 1. The van der Waals surface area contributed by atoms with Gasteiger partial charge in [-0.3, -0.25) is 9.63 Å². The SMILES string of the molecule is CC.CC(=O)NCCC(C)(C)OCCC(C)(C)ON. The average molecular weight is 276 g/mol. The summed E-state index contributed by atoms with van der Waals surface area (Å²) >= 11 is 0. The summed E-state index contributed by atoms with van der Waals surface area (Å²) in [6, 6.07) is 0. The van der Waals surface area contributed by atoms with Crippen LogP contribution in [0.5, 0.6) is 0 Å². The van der Waals surface area contributed by atoms with Crippen LogP contribution in [-0.4, -0.2) is 30.3 Å². The summed E-state index contributed by atoms with van der Waals surface area (Å²) in [6.45, 7) is 14.6. The number of nitrogens with two attached hydrogens (primary N) is 1. The molecule has 0 radical (unpaired) electrons. The fraction of sp³-hybridized carbons (Fsp3) is 0.929. The lowest BCUT2D eigenvalue weighted by atomic mass is 10.0. The van der Waals surface area contributed by atoms with Crippen molar-refractivity contribution in [3.63, 3.8) is 0 Å². The van der Waals surface area contributed by atoms with E-state index in [-0.39, 0.29) is 17.1 Å². The van der Waals surface area contributed by atoms with Crippen molar-refractivity contribution in [3.05, 3.63) is 0 Å². The molecule has 0 saturated carbocycles. The molecule has 0 saturated heterocycles. The van der Waals surface area contributed by atoms with E-state index in [0.29, 0.717) is 13.2 Å². The number of carbonyl (C=O) groups excluding carboxylic acids is 1. The highest BCUT2D eigenvalue weighted by Crippen LogP contribution is 2.17. The summed E-state index contributed by atoms with van der Waals surface area (Å²) in [7, 11) is 0. The van der Waals surface area contributed by atoms with Gasteiger partial charge < -0.3 is 10.1 Å². The maximum absolute atomic E-state index is 10.7. The monoisotopic (exact) mass is 276 g/mol. The Balaban J connectivity index is 0. The number of amides is 1. The first-order chi connectivity index (χ1) is 8.68. The summed E-state index contributed by atoms with van der Waals surface area (Å²) in [5.74, 6) is 5.15. The van der Waals surface area contributed by atoms with Gasteiger partial charge >= 0.3 is 0 Å². The van der Waals surface area contributed by atoms with Crippen LogP contribution in [0.1, 0.15) is 61.3 Å². The molecule has 5 heteroatoms. The van der Waals surface area contributed by atoms with Crippen molar-refractivity contribution in [1.82, 2.24) is 5.32 Å². The van der Waals surface area contributed by atoms with E-state index in [1.165, 1.54) is 6.92 Å². The van der Waals surface area contributed by atoms with Gasteiger partial charge in [0.1, 0.15) is 0 Å². The second-order valence-corrected chi connectivity index (χ2v) is 5.47. The van der Waals surface area contributed by atoms with Gasteiger partial charge in [0.15, 0.2) is 0 Å². The molecular weight excluding hydrogens is 244 g/mol. The Morgan fingerprint density at radius 3 is 2.05 bits per heavy atom. The van der Waals surface area contributed by atoms with E-state index in [1.807, 2.05) is 41.5 Å². The second-order valence-electron chi connectivity index (χ2n) is 5.47. The Morgan fingerprint density at radius 2 is 1.63 bits per heavy atom. The van der Waals surface area contributed by atoms with Crippen molar-refractivity contribution in [2.45, 2.75) is 72.5 Å². The predicted molar refractivity (Wildman–Crippen MR) is 78.6 cm³/mol. The molecule has 0 bridgehead atoms. The highest BCUT2D eigenvalue weighted by atomic mass is 16.6. The van der Waals surface area contributed by atoms with E-state index in [4.69, 9.17) is 15.5 Å². The summed E-state index contributed by atoms with van der Waals surface area (Å²) in [5, 5.41) is 2.76. The van der Waals surface area contributed by atoms with E-state index in [2.05, 4.69) is 5.32 Å². The lowest BCUT2D eigenvalue weighted by Crippen LogP contribution is -2.35. The predicted octanol–water partition coefficient (Wildman–Crippen LogP) is 2.39. The molecule has 3 N–H and O–H groups in total. The highest BCUT2D eigenvalue weighted by Gasteiger charge is 2.22. The lowest BCUT2D eigenvalue weighted by Gasteiger charge is -2.28. The van der Waals surface area contributed by atoms with Crippen LogP contribution in [-0.2, 0) is 14.4 Å². The Kier molecular flexibility index (Phi) is 11.1. The quantitative estimate of drug-likeness (QED) is 0.668. The summed E-state index contributed by atoms with van der Waals surface area (Å²) in [6.07, 6.45) is 1.50. The molecule has 0 spiro atoms. The van der Waals surface area contributed by atoms with E-state index in [0.717, 1.165) is 12.8 Å². The van der Waals surface area contributed by atoms with Gasteiger partial charge in [-0.25, -0.2) is 5.90 Å². The van der Waals surface area contributed by atoms with Crippen LogP contribution in [0, 0.1) is 0 Å². The minimum absolute atomic E-state index is 0.0153. The molecule has 0 aliphatic carbocycles. The topological polar surface area (TPSA) is 73.6 Å². The first kappa shape index (κ1) is 20.7. The van der Waals surface area contributed by atoms with Gasteiger partial charge in [0.2, 0.25) is 5.91 Å². The van der Waals surface area contributed by atoms with Crippen molar-refractivity contribution >= 4 is 5.91 Å². The van der Waals surface area contributed by atoms with Crippen LogP contribution in [0.3, 0.4) is 0 Å². The molecule has 0 aromatic carbocycles. The molecule has 0 aromatic rings. The molecular formula is C14H32N2O3. The third-order valence-corrected chi connectivity index (χ3v) is 2.62. The van der Waals surface area contributed by atoms with Gasteiger partial charge in [0, 0.05) is 19.9 Å². The van der Waals surface area contributed by atoms with E-state index >= 15 is 0 Å². The van der Waals surface area contributed by atoms with Crippen LogP contribution in [0.4, 0.5) is 0 Å². The third-order valence-electron chi connectivity index (χ3n) is 2.62. The van der Waals surface area contributed by atoms with Gasteiger partial charge in [0.05, 0.1) is 17.8 Å². The zero-order valence-electron chi connectivity index (χ0n) is 13.6. The Bertz CT molecular complexity index is 241. The van der Waals surface area contributed by atoms with E-state index < -0.39 is 0 Å². The molecule has 19 heavy (non-hydrogen) atoms. The average Bonchev–Trinajstić information content (AvgIpc) is 2.30. The number of nitrogens with one attached hydrogen (secondary N) is 1. The Labute approximate surface area is 118 Å². The smallest absolute Gasteiger partial charge is 0.216 e. The van der Waals surface area contributed by atoms with Crippen LogP contribution in [0.15, 0.2) is 0 Å². The third kappa shape index (κ3) is 13.6. The van der Waals surface area contributed by atoms with Gasteiger partial charge in [-0.15, -0.1) is 0 Å². The molecule has 0 aliphatic heterocycles. The van der Waals surface area contributed by atoms with Gasteiger partial charge in [-0.05, 0) is 34.1 Å². The molecule has 0 fully saturated rings. The van der Waals surface area contributed by atoms with Crippen molar-refractivity contribution in [1.29, 1.82) is 0 Å². The van der Waals surface area contributed by atoms with Crippen molar-refractivity contribution in [3.8, 4) is 0 Å². The molecule has 0 aromatic heterocycles. The van der Waals surface area contributed by atoms with Crippen molar-refractivity contribution in [2.24, 2.45) is 5.90 Å². The second kappa shape index (κ2) is 10.2. The zero-order valence-corrected chi connectivity index (χ0v) is 13.6. The fourth-order valence-corrected chi connectivity index (χ4v) is 1.24. The van der Waals surface area contributed by atoms with E-state index in [1.54, 1.807) is 0 Å². The summed E-state index contributed by atoms with van der Waals surface area (Å²) in [4.78, 5) is 15.6.